The summed E-state index contributed by atoms with van der Waals surface area (Å²) in [6, 6.07) is 15.6. The Morgan fingerprint density at radius 2 is 1.74 bits per heavy atom. The van der Waals surface area contributed by atoms with E-state index in [9.17, 15) is 14.0 Å². The van der Waals surface area contributed by atoms with Crippen molar-refractivity contribution in [1.29, 1.82) is 0 Å². The Morgan fingerprint density at radius 1 is 1.00 bits per heavy atom. The van der Waals surface area contributed by atoms with Crippen molar-refractivity contribution in [2.24, 2.45) is 0 Å². The highest BCUT2D eigenvalue weighted by molar-refractivity contribution is 5.96. The maximum Gasteiger partial charge on any atom is 0.358 e. The van der Waals surface area contributed by atoms with Crippen LogP contribution in [0.5, 0.6) is 0 Å². The summed E-state index contributed by atoms with van der Waals surface area (Å²) >= 11 is 0. The summed E-state index contributed by atoms with van der Waals surface area (Å²) in [4.78, 5) is 29.4. The van der Waals surface area contributed by atoms with E-state index in [1.807, 2.05) is 29.2 Å². The Labute approximate surface area is 219 Å². The molecule has 0 aliphatic carbocycles. The summed E-state index contributed by atoms with van der Waals surface area (Å²) in [7, 11) is 0. The molecule has 2 aromatic heterocycles. The third kappa shape index (κ3) is 4.89. The van der Waals surface area contributed by atoms with E-state index in [-0.39, 0.29) is 18.2 Å². The molecule has 1 fully saturated rings. The molecule has 0 unspecified atom stereocenters. The molecular weight excluding hydrogens is 489 g/mol. The number of nitrogens with zero attached hydrogens (tertiary/aromatic N) is 5. The van der Waals surface area contributed by atoms with Crippen LogP contribution in [0.15, 0.2) is 59.1 Å². The van der Waals surface area contributed by atoms with Crippen LogP contribution < -0.4 is 4.90 Å². The topological polar surface area (TPSA) is 93.7 Å². The number of carbonyl (C=O) groups excluding carboxylic acids is 2. The molecule has 196 valence electrons. The van der Waals surface area contributed by atoms with Crippen LogP contribution in [0.4, 0.5) is 10.1 Å². The van der Waals surface area contributed by atoms with Gasteiger partial charge in [0.25, 0.3) is 5.91 Å². The van der Waals surface area contributed by atoms with Gasteiger partial charge in [-0.1, -0.05) is 23.4 Å². The number of carbonyl (C=O) groups is 2. The van der Waals surface area contributed by atoms with Gasteiger partial charge >= 0.3 is 5.97 Å². The van der Waals surface area contributed by atoms with Gasteiger partial charge in [-0.25, -0.2) is 13.9 Å². The third-order valence-electron chi connectivity index (χ3n) is 6.59. The van der Waals surface area contributed by atoms with Crippen LogP contribution in [0, 0.1) is 19.7 Å². The number of anilines is 1. The molecule has 1 aliphatic heterocycles. The average Bonchev–Trinajstić information content (AvgIpc) is 3.52. The summed E-state index contributed by atoms with van der Waals surface area (Å²) in [6.07, 6.45) is 0. The minimum Gasteiger partial charge on any atom is -0.461 e. The van der Waals surface area contributed by atoms with Gasteiger partial charge in [0.05, 0.1) is 23.7 Å². The molecule has 0 bridgehead atoms. The zero-order valence-electron chi connectivity index (χ0n) is 21.5. The number of hydrogen-bond donors (Lipinski definition) is 0. The predicted octanol–water partition coefficient (Wildman–Crippen LogP) is 4.42. The first-order valence-electron chi connectivity index (χ1n) is 12.5. The molecule has 0 N–H and O–H groups in total. The van der Waals surface area contributed by atoms with E-state index in [0.717, 1.165) is 11.3 Å². The fraction of sp³-hybridized carbons (Fsp3) is 0.286. The van der Waals surface area contributed by atoms with Crippen molar-refractivity contribution in [3.05, 3.63) is 83.1 Å². The van der Waals surface area contributed by atoms with Crippen molar-refractivity contribution in [2.75, 3.05) is 37.7 Å². The summed E-state index contributed by atoms with van der Waals surface area (Å²) in [6.45, 7) is 8.02. The summed E-state index contributed by atoms with van der Waals surface area (Å²) in [5, 5.41) is 8.30. The largest absolute Gasteiger partial charge is 0.461 e. The van der Waals surface area contributed by atoms with Gasteiger partial charge in [-0.3, -0.25) is 4.79 Å². The van der Waals surface area contributed by atoms with Gasteiger partial charge in [0, 0.05) is 37.4 Å². The second-order valence-corrected chi connectivity index (χ2v) is 9.05. The van der Waals surface area contributed by atoms with Gasteiger partial charge in [0.2, 0.25) is 0 Å². The number of esters is 1. The second-order valence-electron chi connectivity index (χ2n) is 9.05. The third-order valence-corrected chi connectivity index (χ3v) is 6.59. The van der Waals surface area contributed by atoms with Crippen LogP contribution in [-0.2, 0) is 4.74 Å². The molecular formula is C28H28FN5O4. The molecule has 2 aromatic carbocycles. The summed E-state index contributed by atoms with van der Waals surface area (Å²) in [5.74, 6) is -0.457. The number of piperazine rings is 1. The Kier molecular flexibility index (Phi) is 6.95. The predicted molar refractivity (Wildman–Crippen MR) is 139 cm³/mol. The molecule has 1 saturated heterocycles. The number of halogens is 1. The van der Waals surface area contributed by atoms with Gasteiger partial charge in [-0.05, 0) is 57.2 Å². The molecule has 9 nitrogen and oxygen atoms in total. The molecule has 3 heterocycles. The SMILES string of the molecule is CCOC(=O)c1cc(-c2ccc(N3CCN(C(=O)c4c(C)noc4C)CC3)cc2)n(-c2cccc(F)c2)n1. The van der Waals surface area contributed by atoms with Crippen molar-refractivity contribution in [1.82, 2.24) is 19.8 Å². The Bertz CT molecular complexity index is 1450. The normalized spacial score (nSPS) is 13.6. The molecule has 10 heteroatoms. The fourth-order valence-electron chi connectivity index (χ4n) is 4.65. The number of rotatable bonds is 6. The molecule has 0 spiro atoms. The lowest BCUT2D eigenvalue weighted by Crippen LogP contribution is -2.49. The van der Waals surface area contributed by atoms with Gasteiger partial charge in [-0.15, -0.1) is 0 Å². The molecule has 1 amide bonds. The van der Waals surface area contributed by atoms with Crippen molar-refractivity contribution >= 4 is 17.6 Å². The van der Waals surface area contributed by atoms with E-state index in [1.54, 1.807) is 43.7 Å². The van der Waals surface area contributed by atoms with Gasteiger partial charge in [-0.2, -0.15) is 5.10 Å². The van der Waals surface area contributed by atoms with E-state index >= 15 is 0 Å². The smallest absolute Gasteiger partial charge is 0.358 e. The molecule has 5 rings (SSSR count). The number of aryl methyl sites for hydroxylation is 2. The number of benzene rings is 2. The molecule has 0 atom stereocenters. The van der Waals surface area contributed by atoms with Crippen molar-refractivity contribution < 1.29 is 23.2 Å². The van der Waals surface area contributed by atoms with Crippen molar-refractivity contribution in [3.63, 3.8) is 0 Å². The zero-order valence-corrected chi connectivity index (χ0v) is 21.5. The van der Waals surface area contributed by atoms with Crippen LogP contribution in [0.3, 0.4) is 0 Å². The van der Waals surface area contributed by atoms with Gasteiger partial charge < -0.3 is 19.1 Å². The Morgan fingerprint density at radius 3 is 2.37 bits per heavy atom. The van der Waals surface area contributed by atoms with E-state index in [4.69, 9.17) is 9.26 Å². The number of amides is 1. The average molecular weight is 518 g/mol. The molecule has 1 aliphatic rings. The maximum atomic E-state index is 14.0. The molecule has 4 aromatic rings. The first-order valence-corrected chi connectivity index (χ1v) is 12.5. The fourth-order valence-corrected chi connectivity index (χ4v) is 4.65. The Balaban J connectivity index is 1.35. The lowest BCUT2D eigenvalue weighted by Gasteiger charge is -2.36. The number of aromatic nitrogens is 3. The maximum absolute atomic E-state index is 14.0. The van der Waals surface area contributed by atoms with Crippen molar-refractivity contribution in [2.45, 2.75) is 20.8 Å². The highest BCUT2D eigenvalue weighted by atomic mass is 19.1. The first kappa shape index (κ1) is 25.2. The monoisotopic (exact) mass is 517 g/mol. The zero-order chi connectivity index (χ0) is 26.8. The summed E-state index contributed by atoms with van der Waals surface area (Å²) < 4.78 is 25.8. The highest BCUT2D eigenvalue weighted by Crippen LogP contribution is 2.28. The van der Waals surface area contributed by atoms with E-state index in [2.05, 4.69) is 15.2 Å². The van der Waals surface area contributed by atoms with Crippen LogP contribution >= 0.6 is 0 Å². The quantitative estimate of drug-likeness (QED) is 0.350. The minimum absolute atomic E-state index is 0.0562. The first-order chi connectivity index (χ1) is 18.4. The van der Waals surface area contributed by atoms with Crippen LogP contribution in [-0.4, -0.2) is 64.5 Å². The molecule has 38 heavy (non-hydrogen) atoms. The lowest BCUT2D eigenvalue weighted by molar-refractivity contribution is 0.0518. The summed E-state index contributed by atoms with van der Waals surface area (Å²) in [5.41, 5.74) is 4.26. The minimum atomic E-state index is -0.537. The van der Waals surface area contributed by atoms with Gasteiger partial charge in [0.15, 0.2) is 5.69 Å². The van der Waals surface area contributed by atoms with E-state index < -0.39 is 11.8 Å². The van der Waals surface area contributed by atoms with Crippen molar-refractivity contribution in [3.8, 4) is 16.9 Å². The number of ether oxygens (including phenoxy) is 1. The lowest BCUT2D eigenvalue weighted by atomic mass is 10.1. The van der Waals surface area contributed by atoms with Gasteiger partial charge in [0.1, 0.15) is 17.1 Å². The molecule has 0 saturated carbocycles. The standard InChI is InChI=1S/C28H28FN5O4/c1-4-37-28(36)24-17-25(34(30-24)23-7-5-6-21(29)16-23)20-8-10-22(11-9-20)32-12-14-33(15-13-32)27(35)26-18(2)31-38-19(26)3/h5-11,16-17H,4,12-15H2,1-3H3. The van der Waals surface area contributed by atoms with Crippen LogP contribution in [0.1, 0.15) is 39.2 Å². The van der Waals surface area contributed by atoms with E-state index in [0.29, 0.717) is 54.6 Å². The number of hydrogen-bond acceptors (Lipinski definition) is 7. The van der Waals surface area contributed by atoms with Crippen LogP contribution in [0.2, 0.25) is 0 Å². The molecule has 0 radical (unpaired) electrons. The Hall–Kier alpha value is -4.47. The van der Waals surface area contributed by atoms with Crippen LogP contribution in [0.25, 0.3) is 16.9 Å². The second kappa shape index (κ2) is 10.5. The van der Waals surface area contributed by atoms with E-state index in [1.165, 1.54) is 12.1 Å². The highest BCUT2D eigenvalue weighted by Gasteiger charge is 2.27.